The second-order valence-corrected chi connectivity index (χ2v) is 6.92. The molecule has 1 atom stereocenters. The molecule has 0 spiro atoms. The highest BCUT2D eigenvalue weighted by atomic mass is 15.3. The zero-order valence-electron chi connectivity index (χ0n) is 15.4. The number of rotatable bonds is 6. The molecule has 4 rings (SSSR count). The van der Waals surface area contributed by atoms with Gasteiger partial charge in [-0.25, -0.2) is 4.98 Å². The van der Waals surface area contributed by atoms with E-state index in [0.717, 1.165) is 55.1 Å². The molecule has 6 nitrogen and oxygen atoms in total. The minimum absolute atomic E-state index is 0.534. The summed E-state index contributed by atoms with van der Waals surface area (Å²) in [6, 6.07) is 11.0. The number of benzene rings is 1. The summed E-state index contributed by atoms with van der Waals surface area (Å²) in [5.74, 6) is 1.69. The van der Waals surface area contributed by atoms with Gasteiger partial charge in [0.2, 0.25) is 5.95 Å². The Balaban J connectivity index is 1.61. The summed E-state index contributed by atoms with van der Waals surface area (Å²) >= 11 is 0. The van der Waals surface area contributed by atoms with Gasteiger partial charge in [-0.1, -0.05) is 19.4 Å². The lowest BCUT2D eigenvalue weighted by Crippen LogP contribution is -2.30. The van der Waals surface area contributed by atoms with Gasteiger partial charge < -0.3 is 20.5 Å². The van der Waals surface area contributed by atoms with Crippen LogP contribution < -0.4 is 15.5 Å². The fraction of sp³-hybridized carbons (Fsp3) is 0.400. The summed E-state index contributed by atoms with van der Waals surface area (Å²) in [5.41, 5.74) is 3.19. The van der Waals surface area contributed by atoms with Gasteiger partial charge in [-0.05, 0) is 43.5 Å². The first-order valence-corrected chi connectivity index (χ1v) is 9.39. The summed E-state index contributed by atoms with van der Waals surface area (Å²) in [5, 5.41) is 7.96. The monoisotopic (exact) mass is 350 g/mol. The molecule has 6 heteroatoms. The average molecular weight is 350 g/mol. The lowest BCUT2D eigenvalue weighted by Gasteiger charge is -2.19. The first-order valence-electron chi connectivity index (χ1n) is 9.39. The SMILES string of the molecule is CCCc1cc(N2CCC(NC)C2)nc(Nc2ccc3cc[nH]c3c2)n1. The van der Waals surface area contributed by atoms with Crippen molar-refractivity contribution >= 4 is 28.4 Å². The summed E-state index contributed by atoms with van der Waals surface area (Å²) < 4.78 is 0. The van der Waals surface area contributed by atoms with E-state index >= 15 is 0 Å². The van der Waals surface area contributed by atoms with Gasteiger partial charge in [0.05, 0.1) is 0 Å². The van der Waals surface area contributed by atoms with Gasteiger partial charge in [-0.15, -0.1) is 0 Å². The highest BCUT2D eigenvalue weighted by molar-refractivity contribution is 5.83. The summed E-state index contributed by atoms with van der Waals surface area (Å²) in [4.78, 5) is 15.1. The van der Waals surface area contributed by atoms with Gasteiger partial charge in [-0.3, -0.25) is 0 Å². The van der Waals surface area contributed by atoms with Crippen LogP contribution in [0.5, 0.6) is 0 Å². The Hall–Kier alpha value is -2.60. The van der Waals surface area contributed by atoms with E-state index in [0.29, 0.717) is 12.0 Å². The topological polar surface area (TPSA) is 68.9 Å². The molecule has 0 radical (unpaired) electrons. The molecular weight excluding hydrogens is 324 g/mol. The number of nitrogens with one attached hydrogen (secondary N) is 3. The molecule has 1 unspecified atom stereocenters. The van der Waals surface area contributed by atoms with Crippen LogP contribution in [-0.4, -0.2) is 41.1 Å². The number of hydrogen-bond acceptors (Lipinski definition) is 5. The first-order chi connectivity index (χ1) is 12.7. The molecule has 0 amide bonds. The molecule has 26 heavy (non-hydrogen) atoms. The third kappa shape index (κ3) is 3.51. The standard InChI is InChI=1S/C20H26N6/c1-3-4-15-12-19(26-10-8-17(13-26)21-2)25-20(23-15)24-16-6-5-14-7-9-22-18(14)11-16/h5-7,9,11-12,17,21-22H,3-4,8,10,13H2,1-2H3,(H,23,24,25). The Morgan fingerprint density at radius 1 is 1.23 bits per heavy atom. The van der Waals surface area contributed by atoms with E-state index in [1.807, 2.05) is 13.2 Å². The van der Waals surface area contributed by atoms with Crippen LogP contribution in [0.15, 0.2) is 36.5 Å². The van der Waals surface area contributed by atoms with Gasteiger partial charge >= 0.3 is 0 Å². The number of aromatic amines is 1. The van der Waals surface area contributed by atoms with Crippen LogP contribution in [0.4, 0.5) is 17.5 Å². The maximum Gasteiger partial charge on any atom is 0.229 e. The third-order valence-electron chi connectivity index (χ3n) is 5.00. The molecule has 2 aromatic heterocycles. The largest absolute Gasteiger partial charge is 0.361 e. The van der Waals surface area contributed by atoms with Gasteiger partial charge in [0.15, 0.2) is 0 Å². The summed E-state index contributed by atoms with van der Waals surface area (Å²) in [7, 11) is 2.03. The van der Waals surface area contributed by atoms with Crippen molar-refractivity contribution in [3.05, 3.63) is 42.2 Å². The summed E-state index contributed by atoms with van der Waals surface area (Å²) in [6.45, 7) is 4.20. The zero-order chi connectivity index (χ0) is 17.9. The molecular formula is C20H26N6. The molecule has 3 N–H and O–H groups in total. The highest BCUT2D eigenvalue weighted by Gasteiger charge is 2.23. The van der Waals surface area contributed by atoms with Crippen LogP contribution >= 0.6 is 0 Å². The lowest BCUT2D eigenvalue weighted by molar-refractivity contribution is 0.616. The fourth-order valence-corrected chi connectivity index (χ4v) is 3.54. The van der Waals surface area contributed by atoms with E-state index < -0.39 is 0 Å². The molecule has 3 heterocycles. The molecule has 3 aromatic rings. The van der Waals surface area contributed by atoms with Crippen molar-refractivity contribution in [2.24, 2.45) is 0 Å². The van der Waals surface area contributed by atoms with Crippen LogP contribution in [0.2, 0.25) is 0 Å². The highest BCUT2D eigenvalue weighted by Crippen LogP contribution is 2.24. The van der Waals surface area contributed by atoms with Gasteiger partial charge in [-0.2, -0.15) is 4.98 Å². The molecule has 1 fully saturated rings. The Labute approximate surface area is 154 Å². The lowest BCUT2D eigenvalue weighted by atomic mass is 10.2. The van der Waals surface area contributed by atoms with Crippen molar-refractivity contribution in [3.8, 4) is 0 Å². The Morgan fingerprint density at radius 3 is 2.96 bits per heavy atom. The number of aromatic nitrogens is 3. The van der Waals surface area contributed by atoms with Crippen LogP contribution in [0, 0.1) is 0 Å². The van der Waals surface area contributed by atoms with Crippen LogP contribution in [0.3, 0.4) is 0 Å². The zero-order valence-corrected chi connectivity index (χ0v) is 15.4. The van der Waals surface area contributed by atoms with Crippen LogP contribution in [0.25, 0.3) is 10.9 Å². The van der Waals surface area contributed by atoms with Gasteiger partial charge in [0, 0.05) is 48.3 Å². The van der Waals surface area contributed by atoms with E-state index in [9.17, 15) is 0 Å². The van der Waals surface area contributed by atoms with Gasteiger partial charge in [0.25, 0.3) is 0 Å². The smallest absolute Gasteiger partial charge is 0.229 e. The molecule has 0 aliphatic carbocycles. The first kappa shape index (κ1) is 16.8. The van der Waals surface area contributed by atoms with Crippen LogP contribution in [-0.2, 0) is 6.42 Å². The number of fused-ring (bicyclic) bond motifs is 1. The van der Waals surface area contributed by atoms with E-state index in [1.165, 1.54) is 5.39 Å². The molecule has 1 aromatic carbocycles. The van der Waals surface area contributed by atoms with Gasteiger partial charge in [0.1, 0.15) is 5.82 Å². The number of aryl methyl sites for hydroxylation is 1. The Kier molecular flexibility index (Phi) is 4.75. The van der Waals surface area contributed by atoms with Crippen LogP contribution in [0.1, 0.15) is 25.5 Å². The minimum Gasteiger partial charge on any atom is -0.361 e. The average Bonchev–Trinajstić information content (AvgIpc) is 3.30. The maximum atomic E-state index is 4.80. The van der Waals surface area contributed by atoms with E-state index in [-0.39, 0.29) is 0 Å². The van der Waals surface area contributed by atoms with E-state index in [2.05, 4.69) is 57.8 Å². The maximum absolute atomic E-state index is 4.80. The number of hydrogen-bond donors (Lipinski definition) is 3. The van der Waals surface area contributed by atoms with Crippen molar-refractivity contribution in [2.45, 2.75) is 32.2 Å². The molecule has 1 aliphatic heterocycles. The fourth-order valence-electron chi connectivity index (χ4n) is 3.54. The minimum atomic E-state index is 0.534. The quantitative estimate of drug-likeness (QED) is 0.635. The molecule has 136 valence electrons. The van der Waals surface area contributed by atoms with E-state index in [4.69, 9.17) is 9.97 Å². The second-order valence-electron chi connectivity index (χ2n) is 6.92. The van der Waals surface area contributed by atoms with Crippen molar-refractivity contribution < 1.29 is 0 Å². The molecule has 1 aliphatic rings. The van der Waals surface area contributed by atoms with Crippen molar-refractivity contribution in [2.75, 3.05) is 30.4 Å². The molecule has 1 saturated heterocycles. The van der Waals surface area contributed by atoms with Crippen molar-refractivity contribution in [1.82, 2.24) is 20.3 Å². The Bertz CT molecular complexity index is 887. The van der Waals surface area contributed by atoms with Crippen molar-refractivity contribution in [3.63, 3.8) is 0 Å². The number of likely N-dealkylation sites (N-methyl/N-ethyl adjacent to an activating group) is 1. The second kappa shape index (κ2) is 7.33. The van der Waals surface area contributed by atoms with E-state index in [1.54, 1.807) is 0 Å². The number of anilines is 3. The predicted molar refractivity (Wildman–Crippen MR) is 107 cm³/mol. The molecule has 0 saturated carbocycles. The summed E-state index contributed by atoms with van der Waals surface area (Å²) in [6.07, 6.45) is 5.14. The normalized spacial score (nSPS) is 17.2. The predicted octanol–water partition coefficient (Wildman–Crippen LogP) is 3.45. The third-order valence-corrected chi connectivity index (χ3v) is 5.00. The Morgan fingerprint density at radius 2 is 2.15 bits per heavy atom. The van der Waals surface area contributed by atoms with Crippen molar-refractivity contribution in [1.29, 1.82) is 0 Å². The number of nitrogens with zero attached hydrogens (tertiary/aromatic N) is 3. The number of H-pyrrole nitrogens is 1. The molecule has 0 bridgehead atoms.